The minimum Gasteiger partial charge on any atom is -0.294 e. The molecule has 0 unspecified atom stereocenters. The summed E-state index contributed by atoms with van der Waals surface area (Å²) in [6.07, 6.45) is 5.37. The molecule has 17 heavy (non-hydrogen) atoms. The van der Waals surface area contributed by atoms with Crippen LogP contribution in [0.2, 0.25) is 0 Å². The van der Waals surface area contributed by atoms with E-state index in [2.05, 4.69) is 15.2 Å². The molecular formula is C11H15N5O. The monoisotopic (exact) mass is 233 g/mol. The highest BCUT2D eigenvalue weighted by molar-refractivity contribution is 5.95. The van der Waals surface area contributed by atoms with Crippen LogP contribution in [0.15, 0.2) is 18.7 Å². The maximum absolute atomic E-state index is 11.5. The summed E-state index contributed by atoms with van der Waals surface area (Å²) in [5.74, 6) is 0.944. The van der Waals surface area contributed by atoms with Crippen LogP contribution in [0.4, 0.5) is 0 Å². The van der Waals surface area contributed by atoms with Crippen LogP contribution in [0.3, 0.4) is 0 Å². The summed E-state index contributed by atoms with van der Waals surface area (Å²) in [7, 11) is 0. The molecule has 90 valence electrons. The average Bonchev–Trinajstić information content (AvgIpc) is 2.97. The first-order chi connectivity index (χ1) is 8.24. The zero-order valence-electron chi connectivity index (χ0n) is 10.00. The summed E-state index contributed by atoms with van der Waals surface area (Å²) in [6, 6.07) is 0. The Kier molecular flexibility index (Phi) is 3.32. The van der Waals surface area contributed by atoms with Crippen molar-refractivity contribution in [2.24, 2.45) is 0 Å². The number of carbonyl (C=O) groups is 1. The van der Waals surface area contributed by atoms with E-state index < -0.39 is 0 Å². The van der Waals surface area contributed by atoms with Crippen LogP contribution in [0.1, 0.15) is 36.5 Å². The van der Waals surface area contributed by atoms with Gasteiger partial charge in [-0.3, -0.25) is 9.48 Å². The largest absolute Gasteiger partial charge is 0.294 e. The second kappa shape index (κ2) is 4.90. The van der Waals surface area contributed by atoms with Crippen LogP contribution in [-0.2, 0) is 13.1 Å². The first-order valence-electron chi connectivity index (χ1n) is 5.67. The van der Waals surface area contributed by atoms with E-state index in [1.807, 2.05) is 18.5 Å². The lowest BCUT2D eigenvalue weighted by molar-refractivity contribution is 0.0988. The Balaban J connectivity index is 2.14. The molecule has 0 aliphatic carbocycles. The lowest BCUT2D eigenvalue weighted by atomic mass is 10.2. The molecule has 0 bridgehead atoms. The number of aryl methyl sites for hydroxylation is 1. The Hall–Kier alpha value is -1.98. The third-order valence-corrected chi connectivity index (χ3v) is 2.58. The van der Waals surface area contributed by atoms with Crippen LogP contribution in [0.5, 0.6) is 0 Å². The van der Waals surface area contributed by atoms with Crippen molar-refractivity contribution in [3.63, 3.8) is 0 Å². The third-order valence-electron chi connectivity index (χ3n) is 2.58. The molecule has 0 atom stereocenters. The summed E-state index contributed by atoms with van der Waals surface area (Å²) < 4.78 is 3.52. The highest BCUT2D eigenvalue weighted by Crippen LogP contribution is 2.04. The van der Waals surface area contributed by atoms with Crippen molar-refractivity contribution in [3.8, 4) is 0 Å². The van der Waals surface area contributed by atoms with Gasteiger partial charge in [0.15, 0.2) is 5.78 Å². The van der Waals surface area contributed by atoms with E-state index in [4.69, 9.17) is 0 Å². The van der Waals surface area contributed by atoms with E-state index >= 15 is 0 Å². The van der Waals surface area contributed by atoms with Crippen LogP contribution in [0, 0.1) is 0 Å². The fraction of sp³-hybridized carbons (Fsp3) is 0.455. The van der Waals surface area contributed by atoms with E-state index in [1.165, 1.54) is 6.33 Å². The summed E-state index contributed by atoms with van der Waals surface area (Å²) in [5.41, 5.74) is 0.648. The van der Waals surface area contributed by atoms with Gasteiger partial charge in [-0.2, -0.15) is 10.2 Å². The van der Waals surface area contributed by atoms with Crippen LogP contribution in [-0.4, -0.2) is 30.3 Å². The van der Waals surface area contributed by atoms with Crippen molar-refractivity contribution in [1.29, 1.82) is 0 Å². The van der Waals surface area contributed by atoms with Crippen molar-refractivity contribution < 1.29 is 4.79 Å². The highest BCUT2D eigenvalue weighted by Gasteiger charge is 2.08. The van der Waals surface area contributed by atoms with E-state index in [9.17, 15) is 4.79 Å². The Bertz CT molecular complexity index is 513. The average molecular weight is 233 g/mol. The summed E-state index contributed by atoms with van der Waals surface area (Å²) >= 11 is 0. The van der Waals surface area contributed by atoms with Crippen molar-refractivity contribution in [2.45, 2.75) is 33.4 Å². The van der Waals surface area contributed by atoms with Gasteiger partial charge >= 0.3 is 0 Å². The van der Waals surface area contributed by atoms with Gasteiger partial charge in [-0.15, -0.1) is 0 Å². The van der Waals surface area contributed by atoms with E-state index in [0.717, 1.165) is 12.4 Å². The molecule has 0 radical (unpaired) electrons. The summed E-state index contributed by atoms with van der Waals surface area (Å²) in [4.78, 5) is 15.6. The molecule has 0 saturated carbocycles. The van der Waals surface area contributed by atoms with Crippen LogP contribution < -0.4 is 0 Å². The summed E-state index contributed by atoms with van der Waals surface area (Å²) in [6.45, 7) is 5.16. The SMILES string of the molecule is CCC(=O)c1cnn(Cc2ncnn2CC)c1. The van der Waals surface area contributed by atoms with Gasteiger partial charge in [0.1, 0.15) is 18.7 Å². The summed E-state index contributed by atoms with van der Waals surface area (Å²) in [5, 5.41) is 8.24. The van der Waals surface area contributed by atoms with Gasteiger partial charge in [-0.1, -0.05) is 6.92 Å². The predicted molar refractivity (Wildman–Crippen MR) is 61.6 cm³/mol. The van der Waals surface area contributed by atoms with Crippen LogP contribution >= 0.6 is 0 Å². The Morgan fingerprint density at radius 1 is 1.35 bits per heavy atom. The quantitative estimate of drug-likeness (QED) is 0.726. The Morgan fingerprint density at radius 3 is 2.88 bits per heavy atom. The topological polar surface area (TPSA) is 65.6 Å². The smallest absolute Gasteiger partial charge is 0.165 e. The standard InChI is InChI=1S/C11H15N5O/c1-3-10(17)9-5-13-15(6-9)7-11-12-8-14-16(11)4-2/h5-6,8H,3-4,7H2,1-2H3. The number of hydrogen-bond donors (Lipinski definition) is 0. The van der Waals surface area contributed by atoms with Gasteiger partial charge in [0.2, 0.25) is 0 Å². The fourth-order valence-corrected chi connectivity index (χ4v) is 1.62. The number of Topliss-reactive ketones (excluding diaryl/α,β-unsaturated/α-hetero) is 1. The van der Waals surface area contributed by atoms with Gasteiger partial charge < -0.3 is 0 Å². The molecule has 0 amide bonds. The lowest BCUT2D eigenvalue weighted by Crippen LogP contribution is -2.09. The van der Waals surface area contributed by atoms with Crippen molar-refractivity contribution in [2.75, 3.05) is 0 Å². The van der Waals surface area contributed by atoms with E-state index in [1.54, 1.807) is 17.1 Å². The number of aromatic nitrogens is 5. The molecule has 0 aromatic carbocycles. The molecule has 0 aliphatic heterocycles. The molecule has 2 aromatic rings. The number of ketones is 1. The van der Waals surface area contributed by atoms with Gasteiger partial charge in [0.05, 0.1) is 11.8 Å². The molecule has 0 N–H and O–H groups in total. The molecule has 6 nitrogen and oxygen atoms in total. The molecule has 2 heterocycles. The molecule has 6 heteroatoms. The fourth-order valence-electron chi connectivity index (χ4n) is 1.62. The van der Waals surface area contributed by atoms with Crippen LogP contribution in [0.25, 0.3) is 0 Å². The lowest BCUT2D eigenvalue weighted by Gasteiger charge is -2.02. The van der Waals surface area contributed by atoms with Gasteiger partial charge in [-0.25, -0.2) is 9.67 Å². The minimum atomic E-state index is 0.105. The molecule has 0 spiro atoms. The molecule has 0 aliphatic rings. The predicted octanol–water partition coefficient (Wildman–Crippen LogP) is 1.14. The van der Waals surface area contributed by atoms with Gasteiger partial charge in [0.25, 0.3) is 0 Å². The normalized spacial score (nSPS) is 10.7. The second-order valence-corrected chi connectivity index (χ2v) is 3.70. The molecule has 0 saturated heterocycles. The van der Waals surface area contributed by atoms with Crippen molar-refractivity contribution in [3.05, 3.63) is 30.1 Å². The Labute approximate surface area is 99.3 Å². The zero-order valence-corrected chi connectivity index (χ0v) is 10.00. The number of rotatable bonds is 5. The molecule has 0 fully saturated rings. The van der Waals surface area contributed by atoms with E-state index in [-0.39, 0.29) is 5.78 Å². The Morgan fingerprint density at radius 2 is 2.18 bits per heavy atom. The van der Waals surface area contributed by atoms with Crippen molar-refractivity contribution >= 4 is 5.78 Å². The number of carbonyl (C=O) groups excluding carboxylic acids is 1. The first kappa shape index (κ1) is 11.5. The number of hydrogen-bond acceptors (Lipinski definition) is 4. The molecule has 2 aromatic heterocycles. The molecular weight excluding hydrogens is 218 g/mol. The molecule has 2 rings (SSSR count). The highest BCUT2D eigenvalue weighted by atomic mass is 16.1. The number of nitrogens with zero attached hydrogens (tertiary/aromatic N) is 5. The third kappa shape index (κ3) is 2.41. The minimum absolute atomic E-state index is 0.105. The second-order valence-electron chi connectivity index (χ2n) is 3.70. The van der Waals surface area contributed by atoms with Crippen molar-refractivity contribution in [1.82, 2.24) is 24.5 Å². The van der Waals surface area contributed by atoms with Gasteiger partial charge in [0, 0.05) is 19.2 Å². The maximum Gasteiger partial charge on any atom is 0.165 e. The van der Waals surface area contributed by atoms with Gasteiger partial charge in [-0.05, 0) is 6.92 Å². The van der Waals surface area contributed by atoms with E-state index in [0.29, 0.717) is 18.5 Å². The maximum atomic E-state index is 11.5. The first-order valence-corrected chi connectivity index (χ1v) is 5.67. The zero-order chi connectivity index (χ0) is 12.3.